The maximum absolute atomic E-state index is 5.85. The second kappa shape index (κ2) is 4.77. The average molecular weight is 205 g/mol. The molecule has 2 heteroatoms. The van der Waals surface area contributed by atoms with Crippen LogP contribution in [0.3, 0.4) is 0 Å². The smallest absolute Gasteiger partial charge is 0.0828 e. The maximum Gasteiger partial charge on any atom is 0.0828 e. The Hall–Kier alpha value is -0.860. The van der Waals surface area contributed by atoms with E-state index >= 15 is 0 Å². The van der Waals surface area contributed by atoms with Crippen LogP contribution in [0.5, 0.6) is 0 Å². The van der Waals surface area contributed by atoms with Crippen LogP contribution in [0.25, 0.3) is 0 Å². The van der Waals surface area contributed by atoms with E-state index in [0.717, 1.165) is 6.42 Å². The molecule has 0 spiro atoms. The van der Waals surface area contributed by atoms with Crippen molar-refractivity contribution in [1.29, 1.82) is 0 Å². The van der Waals surface area contributed by atoms with Gasteiger partial charge in [-0.2, -0.15) is 0 Å². The summed E-state index contributed by atoms with van der Waals surface area (Å²) >= 11 is 0. The Balaban J connectivity index is 2.08. The van der Waals surface area contributed by atoms with E-state index in [2.05, 4.69) is 24.3 Å². The van der Waals surface area contributed by atoms with Crippen LogP contribution in [-0.4, -0.2) is 12.6 Å². The highest BCUT2D eigenvalue weighted by Gasteiger charge is 2.20. The number of rotatable bonds is 3. The first-order valence-corrected chi connectivity index (χ1v) is 5.72. The van der Waals surface area contributed by atoms with Crippen molar-refractivity contribution in [1.82, 2.24) is 0 Å². The summed E-state index contributed by atoms with van der Waals surface area (Å²) in [7, 11) is 0. The monoisotopic (exact) mass is 205 g/mol. The highest BCUT2D eigenvalue weighted by atomic mass is 16.5. The summed E-state index contributed by atoms with van der Waals surface area (Å²) < 4.78 is 5.85. The van der Waals surface area contributed by atoms with E-state index in [9.17, 15) is 0 Å². The molecule has 1 aliphatic carbocycles. The molecule has 82 valence electrons. The molecule has 2 rings (SSSR count). The third-order valence-electron chi connectivity index (χ3n) is 2.87. The molecule has 2 atom stereocenters. The van der Waals surface area contributed by atoms with E-state index in [0.29, 0.717) is 6.61 Å². The lowest BCUT2D eigenvalue weighted by Gasteiger charge is -2.26. The Kier molecular flexibility index (Phi) is 3.39. The Bertz CT molecular complexity index is 322. The van der Waals surface area contributed by atoms with Crippen molar-refractivity contribution in [3.63, 3.8) is 0 Å². The largest absolute Gasteiger partial charge is 0.372 e. The standard InChI is InChI=1S/C13H19NO/c1-10(14)9-15-13-8-4-6-11-5-2-3-7-12(11)13/h2-3,5,7,10,13H,4,6,8-9,14H2,1H3. The van der Waals surface area contributed by atoms with E-state index in [1.165, 1.54) is 24.0 Å². The lowest BCUT2D eigenvalue weighted by Crippen LogP contribution is -2.24. The molecule has 0 aromatic heterocycles. The molecule has 2 unspecified atom stereocenters. The SMILES string of the molecule is CC(N)COC1CCCc2ccccc21. The van der Waals surface area contributed by atoms with Crippen molar-refractivity contribution < 1.29 is 4.74 Å². The molecule has 0 saturated heterocycles. The highest BCUT2D eigenvalue weighted by molar-refractivity contribution is 5.31. The molecule has 0 aliphatic heterocycles. The van der Waals surface area contributed by atoms with E-state index < -0.39 is 0 Å². The normalized spacial score (nSPS) is 22.1. The third-order valence-corrected chi connectivity index (χ3v) is 2.87. The van der Waals surface area contributed by atoms with Crippen LogP contribution < -0.4 is 5.73 Å². The first-order chi connectivity index (χ1) is 7.27. The predicted molar refractivity (Wildman–Crippen MR) is 61.7 cm³/mol. The minimum atomic E-state index is 0.124. The van der Waals surface area contributed by atoms with Gasteiger partial charge in [0.25, 0.3) is 0 Å². The molecule has 0 amide bonds. The highest BCUT2D eigenvalue weighted by Crippen LogP contribution is 2.32. The van der Waals surface area contributed by atoms with Crippen molar-refractivity contribution in [3.8, 4) is 0 Å². The van der Waals surface area contributed by atoms with Crippen LogP contribution >= 0.6 is 0 Å². The van der Waals surface area contributed by atoms with Gasteiger partial charge in [0.15, 0.2) is 0 Å². The van der Waals surface area contributed by atoms with Gasteiger partial charge in [-0.05, 0) is 37.3 Å². The molecular weight excluding hydrogens is 186 g/mol. The summed E-state index contributed by atoms with van der Waals surface area (Å²) in [5.41, 5.74) is 8.51. The molecule has 15 heavy (non-hydrogen) atoms. The van der Waals surface area contributed by atoms with Crippen LogP contribution in [-0.2, 0) is 11.2 Å². The Morgan fingerprint density at radius 2 is 2.27 bits per heavy atom. The van der Waals surface area contributed by atoms with Gasteiger partial charge in [0, 0.05) is 6.04 Å². The number of fused-ring (bicyclic) bond motifs is 1. The van der Waals surface area contributed by atoms with Gasteiger partial charge in [-0.25, -0.2) is 0 Å². The number of hydrogen-bond acceptors (Lipinski definition) is 2. The quantitative estimate of drug-likeness (QED) is 0.822. The van der Waals surface area contributed by atoms with Gasteiger partial charge in [-0.1, -0.05) is 24.3 Å². The number of benzene rings is 1. The molecule has 1 aliphatic rings. The van der Waals surface area contributed by atoms with E-state index in [1.54, 1.807) is 0 Å². The Morgan fingerprint density at radius 3 is 3.07 bits per heavy atom. The molecule has 0 fully saturated rings. The van der Waals surface area contributed by atoms with Crippen LogP contribution in [0.1, 0.15) is 37.0 Å². The summed E-state index contributed by atoms with van der Waals surface area (Å²) in [6.45, 7) is 2.63. The maximum atomic E-state index is 5.85. The van der Waals surface area contributed by atoms with Crippen molar-refractivity contribution in [2.75, 3.05) is 6.61 Å². The molecule has 2 nitrogen and oxygen atoms in total. The topological polar surface area (TPSA) is 35.2 Å². The minimum Gasteiger partial charge on any atom is -0.372 e. The van der Waals surface area contributed by atoms with E-state index in [-0.39, 0.29) is 12.1 Å². The summed E-state index contributed by atoms with van der Waals surface area (Å²) in [6, 6.07) is 8.70. The van der Waals surface area contributed by atoms with Crippen molar-refractivity contribution in [3.05, 3.63) is 35.4 Å². The van der Waals surface area contributed by atoms with E-state index in [1.807, 2.05) is 6.92 Å². The van der Waals surface area contributed by atoms with Gasteiger partial charge in [-0.15, -0.1) is 0 Å². The van der Waals surface area contributed by atoms with Gasteiger partial charge in [0.2, 0.25) is 0 Å². The minimum absolute atomic E-state index is 0.124. The fourth-order valence-electron chi connectivity index (χ4n) is 2.15. The summed E-state index contributed by atoms with van der Waals surface area (Å²) in [5.74, 6) is 0. The number of nitrogens with two attached hydrogens (primary N) is 1. The summed E-state index contributed by atoms with van der Waals surface area (Å²) in [5, 5.41) is 0. The Labute approximate surface area is 91.4 Å². The lowest BCUT2D eigenvalue weighted by molar-refractivity contribution is 0.0345. The second-order valence-corrected chi connectivity index (χ2v) is 4.39. The van der Waals surface area contributed by atoms with Gasteiger partial charge in [0.1, 0.15) is 0 Å². The second-order valence-electron chi connectivity index (χ2n) is 4.39. The summed E-state index contributed by atoms with van der Waals surface area (Å²) in [6.07, 6.45) is 3.81. The zero-order valence-corrected chi connectivity index (χ0v) is 9.28. The van der Waals surface area contributed by atoms with Gasteiger partial charge in [-0.3, -0.25) is 0 Å². The predicted octanol–water partition coefficient (Wildman–Crippen LogP) is 2.43. The molecule has 0 bridgehead atoms. The van der Waals surface area contributed by atoms with Crippen LogP contribution in [0, 0.1) is 0 Å². The average Bonchev–Trinajstić information content (AvgIpc) is 2.26. The number of aryl methyl sites for hydroxylation is 1. The van der Waals surface area contributed by atoms with Crippen molar-refractivity contribution in [2.24, 2.45) is 5.73 Å². The Morgan fingerprint density at radius 1 is 1.47 bits per heavy atom. The van der Waals surface area contributed by atoms with E-state index in [4.69, 9.17) is 10.5 Å². The fourth-order valence-corrected chi connectivity index (χ4v) is 2.15. The zero-order valence-electron chi connectivity index (χ0n) is 9.28. The lowest BCUT2D eigenvalue weighted by atomic mass is 9.89. The summed E-state index contributed by atoms with van der Waals surface area (Å²) in [4.78, 5) is 0. The first-order valence-electron chi connectivity index (χ1n) is 5.72. The van der Waals surface area contributed by atoms with Gasteiger partial charge < -0.3 is 10.5 Å². The number of hydrogen-bond donors (Lipinski definition) is 1. The van der Waals surface area contributed by atoms with Crippen LogP contribution in [0.2, 0.25) is 0 Å². The van der Waals surface area contributed by atoms with Crippen LogP contribution in [0.15, 0.2) is 24.3 Å². The molecule has 2 N–H and O–H groups in total. The molecular formula is C13H19NO. The molecule has 0 radical (unpaired) electrons. The molecule has 0 heterocycles. The van der Waals surface area contributed by atoms with Gasteiger partial charge >= 0.3 is 0 Å². The third kappa shape index (κ3) is 2.58. The van der Waals surface area contributed by atoms with Crippen molar-refractivity contribution in [2.45, 2.75) is 38.3 Å². The molecule has 0 saturated carbocycles. The number of ether oxygens (including phenoxy) is 1. The molecule has 1 aromatic carbocycles. The van der Waals surface area contributed by atoms with Crippen LogP contribution in [0.4, 0.5) is 0 Å². The van der Waals surface area contributed by atoms with Gasteiger partial charge in [0.05, 0.1) is 12.7 Å². The zero-order chi connectivity index (χ0) is 10.7. The molecule has 1 aromatic rings. The first kappa shape index (κ1) is 10.7. The van der Waals surface area contributed by atoms with Crippen molar-refractivity contribution >= 4 is 0 Å². The fraction of sp³-hybridized carbons (Fsp3) is 0.538.